The molecule has 0 fully saturated rings. The first-order valence-corrected chi connectivity index (χ1v) is 9.62. The summed E-state index contributed by atoms with van der Waals surface area (Å²) in [6.07, 6.45) is 0. The Balaban J connectivity index is 1.57. The first-order chi connectivity index (χ1) is 14.5. The van der Waals surface area contributed by atoms with Crippen LogP contribution in [-0.4, -0.2) is 11.9 Å². The van der Waals surface area contributed by atoms with Gasteiger partial charge in [-0.15, -0.1) is 0 Å². The molecule has 30 heavy (non-hydrogen) atoms. The zero-order valence-corrected chi connectivity index (χ0v) is 16.7. The molecule has 148 valence electrons. The molecule has 0 aliphatic carbocycles. The Morgan fingerprint density at radius 3 is 1.33 bits per heavy atom. The minimum Gasteiger partial charge on any atom is -0.423 e. The van der Waals surface area contributed by atoms with Crippen LogP contribution in [0.2, 0.25) is 0 Å². The van der Waals surface area contributed by atoms with Gasteiger partial charge >= 0.3 is 11.9 Å². The third-order valence-electron chi connectivity index (χ3n) is 5.08. The first-order valence-electron chi connectivity index (χ1n) is 9.62. The molecule has 0 heterocycles. The van der Waals surface area contributed by atoms with Crippen LogP contribution < -0.4 is 9.47 Å². The highest BCUT2D eigenvalue weighted by Gasteiger charge is 2.19. The van der Waals surface area contributed by atoms with Crippen LogP contribution in [0.15, 0.2) is 96.1 Å². The van der Waals surface area contributed by atoms with Crippen LogP contribution in [-0.2, 0) is 9.59 Å². The Morgan fingerprint density at radius 1 is 0.533 bits per heavy atom. The van der Waals surface area contributed by atoms with Gasteiger partial charge in [-0.3, -0.25) is 0 Å². The molecule has 4 aromatic carbocycles. The van der Waals surface area contributed by atoms with Gasteiger partial charge in [-0.1, -0.05) is 72.8 Å². The Morgan fingerprint density at radius 2 is 0.900 bits per heavy atom. The van der Waals surface area contributed by atoms with Crippen LogP contribution >= 0.6 is 0 Å². The molecule has 0 aliphatic rings. The normalized spacial score (nSPS) is 11.8. The fourth-order valence-electron chi connectivity index (χ4n) is 3.23. The first kappa shape index (κ1) is 19.4. The lowest BCUT2D eigenvalue weighted by atomic mass is 10.1. The number of esters is 2. The molecule has 4 rings (SSSR count). The monoisotopic (exact) mass is 396 g/mol. The number of hydrogen-bond acceptors (Lipinski definition) is 4. The molecule has 4 aromatic rings. The van der Waals surface area contributed by atoms with Gasteiger partial charge in [0.15, 0.2) is 0 Å². The standard InChI is InChI=1S/C26H20O4/c1-17(25(27)29-23-15-7-11-19-9-3-5-13-21(19)23)18(2)26(28)30-24-16-8-12-20-10-4-6-14-22(20)24/h3-16H,1-2H3/b18-17+. The molecule has 0 atom stereocenters. The van der Waals surface area contributed by atoms with E-state index in [4.69, 9.17) is 9.47 Å². The van der Waals surface area contributed by atoms with Crippen molar-refractivity contribution in [1.29, 1.82) is 0 Å². The lowest BCUT2D eigenvalue weighted by Gasteiger charge is -2.11. The zero-order valence-electron chi connectivity index (χ0n) is 16.7. The highest BCUT2D eigenvalue weighted by atomic mass is 16.5. The predicted octanol–water partition coefficient (Wildman–Crippen LogP) is 5.84. The lowest BCUT2D eigenvalue weighted by molar-refractivity contribution is -0.133. The second kappa shape index (κ2) is 8.21. The van der Waals surface area contributed by atoms with Crippen molar-refractivity contribution in [3.63, 3.8) is 0 Å². The number of fused-ring (bicyclic) bond motifs is 2. The summed E-state index contributed by atoms with van der Waals surface area (Å²) in [4.78, 5) is 25.4. The summed E-state index contributed by atoms with van der Waals surface area (Å²) in [5.74, 6) is -0.266. The fraction of sp³-hybridized carbons (Fsp3) is 0.0769. The minimum atomic E-state index is -0.585. The highest BCUT2D eigenvalue weighted by Crippen LogP contribution is 2.28. The molecular weight excluding hydrogens is 376 g/mol. The molecule has 0 bridgehead atoms. The van der Waals surface area contributed by atoms with E-state index in [0.29, 0.717) is 11.5 Å². The van der Waals surface area contributed by atoms with Crippen LogP contribution in [0.1, 0.15) is 13.8 Å². The van der Waals surface area contributed by atoms with Crippen LogP contribution in [0, 0.1) is 0 Å². The van der Waals surface area contributed by atoms with E-state index in [-0.39, 0.29) is 11.1 Å². The average Bonchev–Trinajstić information content (AvgIpc) is 2.78. The molecule has 0 spiro atoms. The minimum absolute atomic E-state index is 0.202. The summed E-state index contributed by atoms with van der Waals surface area (Å²) < 4.78 is 11.2. The number of ether oxygens (including phenoxy) is 2. The Kier molecular flexibility index (Phi) is 5.31. The average molecular weight is 396 g/mol. The van der Waals surface area contributed by atoms with Gasteiger partial charge in [-0.25, -0.2) is 9.59 Å². The van der Waals surface area contributed by atoms with Gasteiger partial charge in [0.05, 0.1) is 0 Å². The SMILES string of the molecule is C/C(C(=O)Oc1cccc2ccccc12)=C(/C)C(=O)Oc1cccc2ccccc12. The maximum Gasteiger partial charge on any atom is 0.339 e. The Bertz CT molecular complexity index is 1190. The van der Waals surface area contributed by atoms with Crippen molar-refractivity contribution in [3.8, 4) is 11.5 Å². The molecule has 0 amide bonds. The highest BCUT2D eigenvalue weighted by molar-refractivity contribution is 6.03. The van der Waals surface area contributed by atoms with E-state index >= 15 is 0 Å². The summed E-state index contributed by atoms with van der Waals surface area (Å²) in [5, 5.41) is 3.60. The Labute approximate surface area is 174 Å². The molecular formula is C26H20O4. The van der Waals surface area contributed by atoms with E-state index in [0.717, 1.165) is 21.5 Å². The van der Waals surface area contributed by atoms with Crippen LogP contribution in [0.25, 0.3) is 21.5 Å². The van der Waals surface area contributed by atoms with Crippen LogP contribution in [0.4, 0.5) is 0 Å². The maximum atomic E-state index is 12.7. The molecule has 0 N–H and O–H groups in total. The molecule has 0 saturated carbocycles. The van der Waals surface area contributed by atoms with Gasteiger partial charge in [0, 0.05) is 21.9 Å². The van der Waals surface area contributed by atoms with E-state index in [1.165, 1.54) is 0 Å². The number of benzene rings is 4. The summed E-state index contributed by atoms with van der Waals surface area (Å²) in [6.45, 7) is 3.13. The van der Waals surface area contributed by atoms with Crippen molar-refractivity contribution in [3.05, 3.63) is 96.1 Å². The van der Waals surface area contributed by atoms with Gasteiger partial charge in [0.2, 0.25) is 0 Å². The van der Waals surface area contributed by atoms with Gasteiger partial charge < -0.3 is 9.47 Å². The van der Waals surface area contributed by atoms with Crippen molar-refractivity contribution in [1.82, 2.24) is 0 Å². The molecule has 4 heteroatoms. The zero-order chi connectivity index (χ0) is 21.1. The summed E-state index contributed by atoms with van der Waals surface area (Å²) in [5.41, 5.74) is 0.404. The molecule has 4 nitrogen and oxygen atoms in total. The molecule has 0 saturated heterocycles. The lowest BCUT2D eigenvalue weighted by Crippen LogP contribution is -2.17. The number of rotatable bonds is 4. The number of carbonyl (C=O) groups is 2. The van der Waals surface area contributed by atoms with Crippen molar-refractivity contribution >= 4 is 33.5 Å². The van der Waals surface area contributed by atoms with Crippen molar-refractivity contribution in [2.45, 2.75) is 13.8 Å². The largest absolute Gasteiger partial charge is 0.423 e. The second-order valence-electron chi connectivity index (χ2n) is 6.98. The van der Waals surface area contributed by atoms with E-state index in [1.54, 1.807) is 26.0 Å². The van der Waals surface area contributed by atoms with Crippen molar-refractivity contribution in [2.24, 2.45) is 0 Å². The number of carbonyl (C=O) groups excluding carboxylic acids is 2. The van der Waals surface area contributed by atoms with Gasteiger partial charge in [-0.05, 0) is 36.8 Å². The fourth-order valence-corrected chi connectivity index (χ4v) is 3.23. The maximum absolute atomic E-state index is 12.7. The molecule has 0 aromatic heterocycles. The van der Waals surface area contributed by atoms with Gasteiger partial charge in [0.25, 0.3) is 0 Å². The second-order valence-corrected chi connectivity index (χ2v) is 6.98. The summed E-state index contributed by atoms with van der Waals surface area (Å²) in [6, 6.07) is 26.3. The van der Waals surface area contributed by atoms with Crippen molar-refractivity contribution < 1.29 is 19.1 Å². The van der Waals surface area contributed by atoms with Crippen LogP contribution in [0.5, 0.6) is 11.5 Å². The van der Waals surface area contributed by atoms with E-state index in [1.807, 2.05) is 72.8 Å². The van der Waals surface area contributed by atoms with Crippen LogP contribution in [0.3, 0.4) is 0 Å². The van der Waals surface area contributed by atoms with Gasteiger partial charge in [-0.2, -0.15) is 0 Å². The van der Waals surface area contributed by atoms with E-state index in [9.17, 15) is 9.59 Å². The summed E-state index contributed by atoms with van der Waals surface area (Å²) >= 11 is 0. The predicted molar refractivity (Wildman–Crippen MR) is 118 cm³/mol. The molecule has 0 unspecified atom stereocenters. The number of hydrogen-bond donors (Lipinski definition) is 0. The quantitative estimate of drug-likeness (QED) is 0.247. The Hall–Kier alpha value is -3.92. The third-order valence-corrected chi connectivity index (χ3v) is 5.08. The van der Waals surface area contributed by atoms with Crippen molar-refractivity contribution in [2.75, 3.05) is 0 Å². The van der Waals surface area contributed by atoms with Gasteiger partial charge in [0.1, 0.15) is 11.5 Å². The van der Waals surface area contributed by atoms with E-state index in [2.05, 4.69) is 0 Å². The molecule has 0 radical (unpaired) electrons. The topological polar surface area (TPSA) is 52.6 Å². The molecule has 0 aliphatic heterocycles. The van der Waals surface area contributed by atoms with E-state index < -0.39 is 11.9 Å². The third kappa shape index (κ3) is 3.80. The smallest absolute Gasteiger partial charge is 0.339 e. The summed E-state index contributed by atoms with van der Waals surface area (Å²) in [7, 11) is 0.